The molecule has 1 N–H and O–H groups in total. The van der Waals surface area contributed by atoms with Crippen molar-refractivity contribution in [1.82, 2.24) is 19.8 Å². The number of rotatable bonds is 7. The molecule has 35 heavy (non-hydrogen) atoms. The average Bonchev–Trinajstić information content (AvgIpc) is 3.20. The SMILES string of the molecule is CCOC(=O)c1nc(OC[C@@H]2CCCN2C)nc(N2CCN(C(=O)OC(C)(C)C)CC2C)c1NC. The molecule has 1 aromatic heterocycles. The Kier molecular flexibility index (Phi) is 8.63. The Bertz CT molecular complexity index is 905. The highest BCUT2D eigenvalue weighted by Crippen LogP contribution is 2.32. The molecule has 0 bridgehead atoms. The number of ether oxygens (including phenoxy) is 3. The number of carbonyl (C=O) groups is 2. The van der Waals surface area contributed by atoms with Crippen molar-refractivity contribution in [1.29, 1.82) is 0 Å². The fourth-order valence-corrected chi connectivity index (χ4v) is 4.40. The molecular weight excluding hydrogens is 452 g/mol. The lowest BCUT2D eigenvalue weighted by Crippen LogP contribution is -2.55. The van der Waals surface area contributed by atoms with Gasteiger partial charge in [-0.15, -0.1) is 0 Å². The van der Waals surface area contributed by atoms with Crippen molar-refractivity contribution in [3.63, 3.8) is 0 Å². The second-order valence-electron chi connectivity index (χ2n) is 10.1. The topological polar surface area (TPSA) is 109 Å². The molecule has 0 aliphatic carbocycles. The molecule has 0 radical (unpaired) electrons. The van der Waals surface area contributed by atoms with E-state index in [1.54, 1.807) is 18.9 Å². The lowest BCUT2D eigenvalue weighted by Gasteiger charge is -2.41. The van der Waals surface area contributed by atoms with Gasteiger partial charge in [0.25, 0.3) is 0 Å². The van der Waals surface area contributed by atoms with Crippen molar-refractivity contribution >= 4 is 23.6 Å². The molecule has 1 aromatic rings. The van der Waals surface area contributed by atoms with Crippen LogP contribution in [-0.4, -0.2) is 103 Å². The van der Waals surface area contributed by atoms with E-state index in [1.807, 2.05) is 27.7 Å². The Hall–Kier alpha value is -2.82. The number of hydrogen-bond acceptors (Lipinski definition) is 10. The summed E-state index contributed by atoms with van der Waals surface area (Å²) in [6.07, 6.45) is 1.84. The molecule has 0 aromatic carbocycles. The van der Waals surface area contributed by atoms with E-state index in [9.17, 15) is 9.59 Å². The number of carbonyl (C=O) groups excluding carboxylic acids is 2. The zero-order valence-electron chi connectivity index (χ0n) is 22.1. The van der Waals surface area contributed by atoms with E-state index in [0.29, 0.717) is 37.7 Å². The summed E-state index contributed by atoms with van der Waals surface area (Å²) in [6, 6.07) is 0.347. The van der Waals surface area contributed by atoms with Gasteiger partial charge in [0.15, 0.2) is 11.5 Å². The number of nitrogens with zero attached hydrogens (tertiary/aromatic N) is 5. The maximum atomic E-state index is 12.8. The number of likely N-dealkylation sites (N-methyl/N-ethyl adjacent to an activating group) is 1. The number of aromatic nitrogens is 2. The Morgan fingerprint density at radius 1 is 1.17 bits per heavy atom. The van der Waals surface area contributed by atoms with Gasteiger partial charge in [-0.1, -0.05) is 0 Å². The number of nitrogens with one attached hydrogen (secondary N) is 1. The van der Waals surface area contributed by atoms with E-state index < -0.39 is 11.6 Å². The van der Waals surface area contributed by atoms with Crippen LogP contribution in [0.4, 0.5) is 16.3 Å². The molecule has 11 nitrogen and oxygen atoms in total. The van der Waals surface area contributed by atoms with Gasteiger partial charge in [0.1, 0.15) is 17.9 Å². The minimum atomic E-state index is -0.558. The van der Waals surface area contributed by atoms with Crippen LogP contribution in [0, 0.1) is 0 Å². The van der Waals surface area contributed by atoms with Crippen molar-refractivity contribution < 1.29 is 23.8 Å². The average molecular weight is 493 g/mol. The van der Waals surface area contributed by atoms with Gasteiger partial charge < -0.3 is 34.2 Å². The van der Waals surface area contributed by atoms with E-state index in [2.05, 4.69) is 27.1 Å². The molecule has 2 saturated heterocycles. The molecular formula is C24H40N6O5. The Morgan fingerprint density at radius 3 is 2.49 bits per heavy atom. The van der Waals surface area contributed by atoms with Crippen molar-refractivity contribution in [2.24, 2.45) is 0 Å². The highest BCUT2D eigenvalue weighted by molar-refractivity contribution is 5.96. The molecule has 2 atom stereocenters. The van der Waals surface area contributed by atoms with E-state index in [1.165, 1.54) is 0 Å². The van der Waals surface area contributed by atoms with Crippen LogP contribution in [0.2, 0.25) is 0 Å². The quantitative estimate of drug-likeness (QED) is 0.571. The molecule has 196 valence electrons. The molecule has 2 aliphatic rings. The second-order valence-corrected chi connectivity index (χ2v) is 10.1. The van der Waals surface area contributed by atoms with Crippen molar-refractivity contribution in [3.8, 4) is 6.01 Å². The zero-order valence-corrected chi connectivity index (χ0v) is 22.1. The molecule has 1 unspecified atom stereocenters. The smallest absolute Gasteiger partial charge is 0.410 e. The van der Waals surface area contributed by atoms with Crippen molar-refractivity contribution in [3.05, 3.63) is 5.69 Å². The summed E-state index contributed by atoms with van der Waals surface area (Å²) in [5.41, 5.74) is 0.0552. The normalized spacial score (nSPS) is 21.1. The Balaban J connectivity index is 1.86. The van der Waals surface area contributed by atoms with Gasteiger partial charge in [-0.3, -0.25) is 0 Å². The standard InChI is InChI=1S/C24H40N6O5/c1-8-33-21(31)19-18(25-6)20(27-22(26-19)34-15-17-10-9-11-28(17)7)30-13-12-29(14-16(30)2)23(32)35-24(3,4)5/h16-17,25H,8-15H2,1-7H3/t16?,17-/m0/s1. The number of amides is 1. The fourth-order valence-electron chi connectivity index (χ4n) is 4.40. The summed E-state index contributed by atoms with van der Waals surface area (Å²) in [5.74, 6) is 0.0139. The lowest BCUT2D eigenvalue weighted by molar-refractivity contribution is 0.0218. The summed E-state index contributed by atoms with van der Waals surface area (Å²) in [6.45, 7) is 12.5. The largest absolute Gasteiger partial charge is 0.462 e. The monoisotopic (exact) mass is 492 g/mol. The van der Waals surface area contributed by atoms with E-state index in [0.717, 1.165) is 19.4 Å². The fraction of sp³-hybridized carbons (Fsp3) is 0.750. The van der Waals surface area contributed by atoms with Gasteiger partial charge >= 0.3 is 18.1 Å². The maximum Gasteiger partial charge on any atom is 0.410 e. The molecule has 2 fully saturated rings. The number of piperazine rings is 1. The third-order valence-corrected chi connectivity index (χ3v) is 6.22. The third-order valence-electron chi connectivity index (χ3n) is 6.22. The molecule has 3 heterocycles. The van der Waals surface area contributed by atoms with Gasteiger partial charge in [0.05, 0.1) is 6.61 Å². The minimum absolute atomic E-state index is 0.0814. The van der Waals surface area contributed by atoms with Crippen LogP contribution in [0.1, 0.15) is 57.9 Å². The van der Waals surface area contributed by atoms with Crippen molar-refractivity contribution in [2.45, 2.75) is 65.1 Å². The van der Waals surface area contributed by atoms with Gasteiger partial charge in [-0.05, 0) is 61.1 Å². The van der Waals surface area contributed by atoms with Gasteiger partial charge in [-0.25, -0.2) is 9.59 Å². The first-order valence-corrected chi connectivity index (χ1v) is 12.4. The first kappa shape index (κ1) is 26.8. The summed E-state index contributed by atoms with van der Waals surface area (Å²) < 4.78 is 16.8. The molecule has 3 rings (SSSR count). The summed E-state index contributed by atoms with van der Waals surface area (Å²) in [4.78, 5) is 40.5. The summed E-state index contributed by atoms with van der Waals surface area (Å²) >= 11 is 0. The van der Waals surface area contributed by atoms with Crippen LogP contribution < -0.4 is 15.0 Å². The van der Waals surface area contributed by atoms with Crippen LogP contribution in [0.3, 0.4) is 0 Å². The van der Waals surface area contributed by atoms with Crippen LogP contribution in [0.5, 0.6) is 6.01 Å². The van der Waals surface area contributed by atoms with Gasteiger partial charge in [0, 0.05) is 38.8 Å². The number of likely N-dealkylation sites (tertiary alicyclic amines) is 1. The van der Waals surface area contributed by atoms with Crippen molar-refractivity contribution in [2.75, 3.05) is 63.7 Å². The molecule has 1 amide bonds. The highest BCUT2D eigenvalue weighted by Gasteiger charge is 2.34. The van der Waals surface area contributed by atoms with Gasteiger partial charge in [-0.2, -0.15) is 9.97 Å². The van der Waals surface area contributed by atoms with Crippen LogP contribution in [-0.2, 0) is 9.47 Å². The number of esters is 1. The Morgan fingerprint density at radius 2 is 1.91 bits per heavy atom. The number of hydrogen-bond donors (Lipinski definition) is 1. The second kappa shape index (κ2) is 11.3. The first-order chi connectivity index (χ1) is 16.5. The summed E-state index contributed by atoms with van der Waals surface area (Å²) in [7, 11) is 3.80. The zero-order chi connectivity index (χ0) is 25.8. The molecule has 2 aliphatic heterocycles. The van der Waals surface area contributed by atoms with E-state index >= 15 is 0 Å². The third kappa shape index (κ3) is 6.65. The number of anilines is 2. The van der Waals surface area contributed by atoms with E-state index in [-0.39, 0.29) is 36.5 Å². The predicted octanol–water partition coefficient (Wildman–Crippen LogP) is 2.61. The van der Waals surface area contributed by atoms with Crippen LogP contribution in [0.25, 0.3) is 0 Å². The summed E-state index contributed by atoms with van der Waals surface area (Å²) in [5, 5.41) is 3.08. The van der Waals surface area contributed by atoms with Gasteiger partial charge in [0.2, 0.25) is 0 Å². The van der Waals surface area contributed by atoms with E-state index in [4.69, 9.17) is 19.2 Å². The lowest BCUT2D eigenvalue weighted by atomic mass is 10.1. The minimum Gasteiger partial charge on any atom is -0.462 e. The highest BCUT2D eigenvalue weighted by atomic mass is 16.6. The first-order valence-electron chi connectivity index (χ1n) is 12.4. The predicted molar refractivity (Wildman–Crippen MR) is 133 cm³/mol. The molecule has 11 heteroatoms. The maximum absolute atomic E-state index is 12.8. The molecule has 0 spiro atoms. The van der Waals surface area contributed by atoms with Crippen LogP contribution >= 0.6 is 0 Å². The van der Waals surface area contributed by atoms with Crippen LogP contribution in [0.15, 0.2) is 0 Å². The molecule has 0 saturated carbocycles. The Labute approximate surface area is 208 Å².